The monoisotopic (exact) mass is 649 g/mol. The minimum absolute atomic E-state index is 0. The number of hydrogen-bond acceptors (Lipinski definition) is 12. The first kappa shape index (κ1) is 40.8. The van der Waals surface area contributed by atoms with Crippen molar-refractivity contribution in [3.8, 4) is 22.8 Å². The van der Waals surface area contributed by atoms with Gasteiger partial charge in [-0.15, -0.1) is 0 Å². The second kappa shape index (κ2) is 24.1. The van der Waals surface area contributed by atoms with Crippen LogP contribution in [0.1, 0.15) is 0 Å². The van der Waals surface area contributed by atoms with Crippen LogP contribution in [0.15, 0.2) is 67.0 Å². The van der Waals surface area contributed by atoms with Crippen LogP contribution in [-0.4, -0.2) is 35.7 Å². The SMILES string of the molecule is O.O=[N+]([O-])[O-].O=[N+]([O-])[O-].O=[N+]([O-])[O-].[OH3+].[OH3+].[Yb+3].c1ccc(-c2cccc(-c3ccccn3)n2)nc1. The van der Waals surface area contributed by atoms with Crippen LogP contribution in [0.25, 0.3) is 22.8 Å². The van der Waals surface area contributed by atoms with E-state index in [4.69, 9.17) is 46.0 Å². The van der Waals surface area contributed by atoms with Crippen LogP contribution in [0, 0.1) is 92.9 Å². The van der Waals surface area contributed by atoms with Crippen LogP contribution in [0.2, 0.25) is 0 Å². The molecule has 18 nitrogen and oxygen atoms in total. The fourth-order valence-corrected chi connectivity index (χ4v) is 1.75. The third-order valence-corrected chi connectivity index (χ3v) is 2.60. The zero-order valence-electron chi connectivity index (χ0n) is 16.6. The van der Waals surface area contributed by atoms with E-state index < -0.39 is 15.3 Å². The summed E-state index contributed by atoms with van der Waals surface area (Å²) < 4.78 is 0. The Balaban J connectivity index is -0.000000150. The molecule has 0 atom stereocenters. The molecule has 34 heavy (non-hydrogen) atoms. The van der Waals surface area contributed by atoms with E-state index in [0.717, 1.165) is 22.8 Å². The van der Waals surface area contributed by atoms with Crippen molar-refractivity contribution < 1.29 is 78.6 Å². The van der Waals surface area contributed by atoms with Gasteiger partial charge in [0, 0.05) is 12.4 Å². The molecule has 0 amide bonds. The molecule has 3 heterocycles. The maximum Gasteiger partial charge on any atom is 3.00 e. The van der Waals surface area contributed by atoms with Gasteiger partial charge in [-0.1, -0.05) is 18.2 Å². The number of aromatic nitrogens is 3. The van der Waals surface area contributed by atoms with Crippen molar-refractivity contribution in [3.05, 3.63) is 113 Å². The van der Waals surface area contributed by atoms with Crippen molar-refractivity contribution >= 4 is 0 Å². The van der Waals surface area contributed by atoms with E-state index in [1.165, 1.54) is 0 Å². The van der Waals surface area contributed by atoms with Gasteiger partial charge in [0.2, 0.25) is 0 Å². The molecule has 0 aliphatic rings. The molecule has 0 fully saturated rings. The molecule has 0 saturated carbocycles. The van der Waals surface area contributed by atoms with Gasteiger partial charge in [0.15, 0.2) is 0 Å². The average Bonchev–Trinajstić information content (AvgIpc) is 2.68. The molecule has 0 aliphatic heterocycles. The van der Waals surface area contributed by atoms with Crippen LogP contribution < -0.4 is 0 Å². The summed E-state index contributed by atoms with van der Waals surface area (Å²) in [5, 5.41) is 44.2. The molecule has 0 saturated heterocycles. The molecule has 3 rings (SSSR count). The van der Waals surface area contributed by atoms with Crippen LogP contribution in [0.4, 0.5) is 0 Å². The average molecular weight is 648 g/mol. The molecule has 19 heteroatoms. The van der Waals surface area contributed by atoms with E-state index in [-0.39, 0.29) is 63.4 Å². The van der Waals surface area contributed by atoms with Crippen molar-refractivity contribution in [1.82, 2.24) is 15.0 Å². The van der Waals surface area contributed by atoms with Gasteiger partial charge in [-0.05, 0) is 36.4 Å². The normalized spacial score (nSPS) is 7.53. The van der Waals surface area contributed by atoms with Crippen LogP contribution in [0.3, 0.4) is 0 Å². The van der Waals surface area contributed by atoms with Gasteiger partial charge in [-0.3, -0.25) is 9.97 Å². The summed E-state index contributed by atoms with van der Waals surface area (Å²) in [6, 6.07) is 17.5. The van der Waals surface area contributed by atoms with E-state index >= 15 is 0 Å². The van der Waals surface area contributed by atoms with Gasteiger partial charge in [0.1, 0.15) is 0 Å². The Bertz CT molecular complexity index is 844. The minimum Gasteiger partial charge on any atom is -0.457 e. The largest absolute Gasteiger partial charge is 3.00 e. The van der Waals surface area contributed by atoms with E-state index in [9.17, 15) is 0 Å². The summed E-state index contributed by atoms with van der Waals surface area (Å²) in [6.45, 7) is 0. The predicted molar refractivity (Wildman–Crippen MR) is 115 cm³/mol. The summed E-state index contributed by atoms with van der Waals surface area (Å²) in [5.41, 5.74) is 3.46. The molecule has 193 valence electrons. The van der Waals surface area contributed by atoms with Crippen molar-refractivity contribution in [2.75, 3.05) is 0 Å². The van der Waals surface area contributed by atoms with Crippen molar-refractivity contribution in [2.45, 2.75) is 0 Å². The molecule has 3 aromatic heterocycles. The molecule has 0 aromatic carbocycles. The Morgan fingerprint density at radius 2 is 0.794 bits per heavy atom. The molecule has 8 N–H and O–H groups in total. The smallest absolute Gasteiger partial charge is 0.457 e. The number of pyridine rings is 3. The zero-order chi connectivity index (χ0) is 22.9. The Morgan fingerprint density at radius 3 is 1.03 bits per heavy atom. The van der Waals surface area contributed by atoms with E-state index in [0.29, 0.717) is 0 Å². The van der Waals surface area contributed by atoms with Crippen LogP contribution >= 0.6 is 0 Å². The van der Waals surface area contributed by atoms with Gasteiger partial charge >= 0.3 is 46.9 Å². The maximum absolute atomic E-state index is 8.25. The van der Waals surface area contributed by atoms with Gasteiger partial charge in [0.25, 0.3) is 0 Å². The molecule has 0 aliphatic carbocycles. The zero-order valence-corrected chi connectivity index (χ0v) is 18.3. The van der Waals surface area contributed by atoms with Gasteiger partial charge in [-0.2, -0.15) is 0 Å². The minimum atomic E-state index is -1.75. The van der Waals surface area contributed by atoms with Crippen LogP contribution in [0.5, 0.6) is 0 Å². The maximum atomic E-state index is 8.25. The van der Waals surface area contributed by atoms with E-state index in [1.807, 2.05) is 54.6 Å². The Hall–Kier alpha value is -3.55. The second-order valence-corrected chi connectivity index (χ2v) is 4.51. The fourth-order valence-electron chi connectivity index (χ4n) is 1.75. The molecular formula is C15H19N6O12Yb+2. The first-order chi connectivity index (χ1) is 14.1. The van der Waals surface area contributed by atoms with Crippen molar-refractivity contribution in [2.24, 2.45) is 0 Å². The van der Waals surface area contributed by atoms with Gasteiger partial charge in [0.05, 0.1) is 38.0 Å². The van der Waals surface area contributed by atoms with Crippen molar-refractivity contribution in [1.29, 1.82) is 0 Å². The number of hydrogen-bond donors (Lipinski definition) is 0. The Kier molecular flexibility index (Phi) is 28.9. The summed E-state index contributed by atoms with van der Waals surface area (Å²) in [4.78, 5) is 37.9. The second-order valence-electron chi connectivity index (χ2n) is 4.51. The van der Waals surface area contributed by atoms with Gasteiger partial charge < -0.3 is 62.4 Å². The predicted octanol–water partition coefficient (Wildman–Crippen LogP) is -0.180. The summed E-state index contributed by atoms with van der Waals surface area (Å²) in [6.07, 6.45) is 3.54. The molecule has 1 radical (unpaired) electrons. The fraction of sp³-hybridized carbons (Fsp3) is 0. The third-order valence-electron chi connectivity index (χ3n) is 2.60. The number of nitrogens with zero attached hydrogens (tertiary/aromatic N) is 6. The van der Waals surface area contributed by atoms with E-state index in [2.05, 4.69) is 15.0 Å². The summed E-state index contributed by atoms with van der Waals surface area (Å²) >= 11 is 0. The Morgan fingerprint density at radius 1 is 0.529 bits per heavy atom. The topological polar surface area (TPSA) is 335 Å². The summed E-state index contributed by atoms with van der Waals surface area (Å²) in [5.74, 6) is 0. The van der Waals surface area contributed by atoms with Crippen LogP contribution in [-0.2, 0) is 11.0 Å². The summed E-state index contributed by atoms with van der Waals surface area (Å²) in [7, 11) is 0. The van der Waals surface area contributed by atoms with E-state index in [1.54, 1.807) is 12.4 Å². The third kappa shape index (κ3) is 23.1. The molecule has 0 unspecified atom stereocenters. The van der Waals surface area contributed by atoms with Crippen molar-refractivity contribution in [3.63, 3.8) is 0 Å². The molecule has 0 bridgehead atoms. The molecule has 0 spiro atoms. The molecule has 3 aromatic rings. The first-order valence-corrected chi connectivity index (χ1v) is 7.38. The number of rotatable bonds is 2. The quantitative estimate of drug-likeness (QED) is 0.198. The standard InChI is InChI=1S/C15H11N3.3NO3.3H2O.Yb/c1-3-10-16-12(6-1)14-8-5-9-15(18-14)13-7-2-4-11-17-13;3*2-1(3)4;;;;/h1-11H;;;;3*1H2;/q;3*-1;;;;+3/p+2. The molecular weight excluding hydrogens is 629 g/mol. The first-order valence-electron chi connectivity index (χ1n) is 7.38. The van der Waals surface area contributed by atoms with Gasteiger partial charge in [-0.25, -0.2) is 4.98 Å². The Labute approximate surface area is 228 Å².